The Morgan fingerprint density at radius 1 is 1.43 bits per heavy atom. The van der Waals surface area contributed by atoms with E-state index in [1.807, 2.05) is 0 Å². The molecule has 1 radical (unpaired) electrons. The van der Waals surface area contributed by atoms with E-state index in [-0.39, 0.29) is 0 Å². The zero-order valence-corrected chi connectivity index (χ0v) is 7.81. The number of hydrogen-bond acceptors (Lipinski definition) is 2. The summed E-state index contributed by atoms with van der Waals surface area (Å²) in [7, 11) is 0. The zero-order chi connectivity index (χ0) is 10.6. The maximum absolute atomic E-state index is 10.8. The van der Waals surface area contributed by atoms with Gasteiger partial charge in [-0.15, -0.1) is 0 Å². The second-order valence-electron chi connectivity index (χ2n) is 3.15. The molecule has 1 rings (SSSR count). The first kappa shape index (κ1) is 10.7. The summed E-state index contributed by atoms with van der Waals surface area (Å²) in [5.74, 6) is -0.931. The summed E-state index contributed by atoms with van der Waals surface area (Å²) in [6, 6.07) is 6.80. The zero-order valence-electron chi connectivity index (χ0n) is 7.81. The normalized spacial score (nSPS) is 12.4. The Balaban J connectivity index is 2.79. The predicted octanol–water partition coefficient (Wildman–Crippen LogP) is 1.51. The first-order valence-electron chi connectivity index (χ1n) is 4.43. The highest BCUT2D eigenvalue weighted by atomic mass is 16.4. The monoisotopic (exact) mass is 193 g/mol. The van der Waals surface area contributed by atoms with Crippen molar-refractivity contribution >= 4 is 5.97 Å². The fourth-order valence-electron chi connectivity index (χ4n) is 1.27. The van der Waals surface area contributed by atoms with Gasteiger partial charge in [0.05, 0.1) is 11.7 Å². The Morgan fingerprint density at radius 2 is 2.07 bits per heavy atom. The summed E-state index contributed by atoms with van der Waals surface area (Å²) in [5, 5.41) is 17.8. The van der Waals surface area contributed by atoms with E-state index in [2.05, 4.69) is 6.92 Å². The number of hydrogen-bond donors (Lipinski definition) is 2. The minimum Gasteiger partial charge on any atom is -0.478 e. The average molecular weight is 193 g/mol. The summed E-state index contributed by atoms with van der Waals surface area (Å²) in [6.45, 7) is 3.44. The molecule has 14 heavy (non-hydrogen) atoms. The third-order valence-corrected chi connectivity index (χ3v) is 1.99. The molecule has 0 aliphatic carbocycles. The summed E-state index contributed by atoms with van der Waals surface area (Å²) >= 11 is 0. The average Bonchev–Trinajstić information content (AvgIpc) is 2.15. The van der Waals surface area contributed by atoms with Gasteiger partial charge in [-0.3, -0.25) is 0 Å². The van der Waals surface area contributed by atoms with Crippen LogP contribution in [0, 0.1) is 6.92 Å². The van der Waals surface area contributed by atoms with Crippen LogP contribution in [0.5, 0.6) is 0 Å². The SMILES string of the molecule is [CH2]C(O)CCc1ccccc1C(=O)O. The molecule has 0 heterocycles. The van der Waals surface area contributed by atoms with Gasteiger partial charge in [0.2, 0.25) is 0 Å². The molecule has 3 heteroatoms. The van der Waals surface area contributed by atoms with Crippen LogP contribution >= 0.6 is 0 Å². The fraction of sp³-hybridized carbons (Fsp3) is 0.273. The van der Waals surface area contributed by atoms with Crippen molar-refractivity contribution in [2.24, 2.45) is 0 Å². The van der Waals surface area contributed by atoms with E-state index in [9.17, 15) is 4.79 Å². The van der Waals surface area contributed by atoms with E-state index in [1.165, 1.54) is 0 Å². The lowest BCUT2D eigenvalue weighted by Crippen LogP contribution is -2.06. The number of carboxylic acids is 1. The highest BCUT2D eigenvalue weighted by Gasteiger charge is 2.08. The van der Waals surface area contributed by atoms with Gasteiger partial charge in [-0.2, -0.15) is 0 Å². The molecule has 0 saturated carbocycles. The molecule has 1 unspecified atom stereocenters. The van der Waals surface area contributed by atoms with Crippen molar-refractivity contribution in [1.29, 1.82) is 0 Å². The van der Waals surface area contributed by atoms with E-state index in [1.54, 1.807) is 24.3 Å². The second-order valence-corrected chi connectivity index (χ2v) is 3.15. The number of rotatable bonds is 4. The smallest absolute Gasteiger partial charge is 0.335 e. The minimum absolute atomic E-state index is 0.299. The standard InChI is InChI=1S/C11H13O3/c1-8(12)6-7-9-4-2-3-5-10(9)11(13)14/h2-5,8,12H,1,6-7H2,(H,13,14). The molecule has 0 aliphatic rings. The van der Waals surface area contributed by atoms with Gasteiger partial charge in [0.25, 0.3) is 0 Å². The van der Waals surface area contributed by atoms with E-state index >= 15 is 0 Å². The van der Waals surface area contributed by atoms with Gasteiger partial charge >= 0.3 is 5.97 Å². The largest absolute Gasteiger partial charge is 0.478 e. The molecule has 3 nitrogen and oxygen atoms in total. The molecule has 2 N–H and O–H groups in total. The summed E-state index contributed by atoms with van der Waals surface area (Å²) in [4.78, 5) is 10.8. The molecule has 0 aromatic heterocycles. The molecule has 1 atom stereocenters. The molecule has 0 amide bonds. The van der Waals surface area contributed by atoms with Gasteiger partial charge in [0.15, 0.2) is 0 Å². The number of aromatic carboxylic acids is 1. The van der Waals surface area contributed by atoms with E-state index < -0.39 is 12.1 Å². The Bertz CT molecular complexity index is 318. The van der Waals surface area contributed by atoms with Gasteiger partial charge in [-0.05, 0) is 31.4 Å². The van der Waals surface area contributed by atoms with E-state index in [0.29, 0.717) is 18.4 Å². The summed E-state index contributed by atoms with van der Waals surface area (Å²) in [5.41, 5.74) is 1.04. The van der Waals surface area contributed by atoms with Gasteiger partial charge in [0.1, 0.15) is 0 Å². The van der Waals surface area contributed by atoms with Crippen molar-refractivity contribution in [2.75, 3.05) is 0 Å². The molecule has 0 aliphatic heterocycles. The third kappa shape index (κ3) is 2.85. The van der Waals surface area contributed by atoms with Crippen LogP contribution in [0.15, 0.2) is 24.3 Å². The van der Waals surface area contributed by atoms with Crippen LogP contribution in [0.1, 0.15) is 22.3 Å². The van der Waals surface area contributed by atoms with Crippen LogP contribution in [0.2, 0.25) is 0 Å². The minimum atomic E-state index is -0.931. The highest BCUT2D eigenvalue weighted by Crippen LogP contribution is 2.11. The van der Waals surface area contributed by atoms with Crippen LogP contribution in [-0.2, 0) is 6.42 Å². The molecule has 0 bridgehead atoms. The Kier molecular flexibility index (Phi) is 3.65. The van der Waals surface area contributed by atoms with Crippen molar-refractivity contribution < 1.29 is 15.0 Å². The topological polar surface area (TPSA) is 57.5 Å². The third-order valence-electron chi connectivity index (χ3n) is 1.99. The predicted molar refractivity (Wildman–Crippen MR) is 53.1 cm³/mol. The Morgan fingerprint density at radius 3 is 2.64 bits per heavy atom. The van der Waals surface area contributed by atoms with Crippen molar-refractivity contribution in [2.45, 2.75) is 18.9 Å². The maximum Gasteiger partial charge on any atom is 0.335 e. The van der Waals surface area contributed by atoms with Crippen molar-refractivity contribution in [1.82, 2.24) is 0 Å². The molecular weight excluding hydrogens is 180 g/mol. The van der Waals surface area contributed by atoms with Crippen molar-refractivity contribution in [3.05, 3.63) is 42.3 Å². The number of aliphatic hydroxyl groups is 1. The number of carbonyl (C=O) groups is 1. The van der Waals surface area contributed by atoms with Crippen molar-refractivity contribution in [3.63, 3.8) is 0 Å². The van der Waals surface area contributed by atoms with Crippen LogP contribution in [-0.4, -0.2) is 22.3 Å². The molecule has 1 aromatic carbocycles. The lowest BCUT2D eigenvalue weighted by molar-refractivity contribution is 0.0695. The fourth-order valence-corrected chi connectivity index (χ4v) is 1.27. The molecule has 0 saturated heterocycles. The molecule has 0 fully saturated rings. The number of carboxylic acid groups (broad SMARTS) is 1. The Labute approximate surface area is 83.0 Å². The molecular formula is C11H13O3. The highest BCUT2D eigenvalue weighted by molar-refractivity contribution is 5.89. The first-order chi connectivity index (χ1) is 6.61. The van der Waals surface area contributed by atoms with Crippen molar-refractivity contribution in [3.8, 4) is 0 Å². The van der Waals surface area contributed by atoms with Crippen LogP contribution in [0.3, 0.4) is 0 Å². The molecule has 75 valence electrons. The van der Waals surface area contributed by atoms with Gasteiger partial charge < -0.3 is 10.2 Å². The van der Waals surface area contributed by atoms with Gasteiger partial charge in [-0.25, -0.2) is 4.79 Å². The number of aryl methyl sites for hydroxylation is 1. The maximum atomic E-state index is 10.8. The first-order valence-corrected chi connectivity index (χ1v) is 4.43. The lowest BCUT2D eigenvalue weighted by Gasteiger charge is -2.06. The van der Waals surface area contributed by atoms with Gasteiger partial charge in [0, 0.05) is 0 Å². The summed E-state index contributed by atoms with van der Waals surface area (Å²) in [6.07, 6.45) is 0.370. The quantitative estimate of drug-likeness (QED) is 0.762. The summed E-state index contributed by atoms with van der Waals surface area (Å²) < 4.78 is 0. The van der Waals surface area contributed by atoms with E-state index in [4.69, 9.17) is 10.2 Å². The van der Waals surface area contributed by atoms with Crippen LogP contribution in [0.25, 0.3) is 0 Å². The van der Waals surface area contributed by atoms with Gasteiger partial charge in [-0.1, -0.05) is 18.2 Å². The molecule has 0 spiro atoms. The number of aliphatic hydroxyl groups excluding tert-OH is 1. The lowest BCUT2D eigenvalue weighted by atomic mass is 10.0. The van der Waals surface area contributed by atoms with Crippen LogP contribution < -0.4 is 0 Å². The molecule has 1 aromatic rings. The second kappa shape index (κ2) is 4.77. The number of benzene rings is 1. The van der Waals surface area contributed by atoms with E-state index in [0.717, 1.165) is 5.56 Å². The van der Waals surface area contributed by atoms with Crippen LogP contribution in [0.4, 0.5) is 0 Å². The Hall–Kier alpha value is -1.35.